The average molecular weight is 181 g/mol. The van der Waals surface area contributed by atoms with Gasteiger partial charge in [-0.1, -0.05) is 0 Å². The number of rotatable bonds is 2. The normalized spacial score (nSPS) is 9.69. The molecule has 70 valence electrons. The number of methoxy groups -OCH3 is 1. The monoisotopic (exact) mass is 181 g/mol. The lowest BCUT2D eigenvalue weighted by atomic mass is 10.1. The number of hydrogen-bond donors (Lipinski definition) is 1. The third-order valence-corrected chi connectivity index (χ3v) is 1.69. The Morgan fingerprint density at radius 3 is 2.92 bits per heavy atom. The van der Waals surface area contributed by atoms with E-state index in [9.17, 15) is 9.59 Å². The Balaban J connectivity index is 2.94. The van der Waals surface area contributed by atoms with Crippen LogP contribution in [0.25, 0.3) is 0 Å². The minimum Gasteiger partial charge on any atom is -0.469 e. The third kappa shape index (κ3) is 2.43. The minimum absolute atomic E-state index is 0.0213. The molecule has 4 heteroatoms. The molecule has 0 atom stereocenters. The van der Waals surface area contributed by atoms with E-state index in [2.05, 4.69) is 9.72 Å². The first-order chi connectivity index (χ1) is 6.13. The van der Waals surface area contributed by atoms with Crippen molar-refractivity contribution in [2.45, 2.75) is 13.3 Å². The molecule has 4 nitrogen and oxygen atoms in total. The molecule has 0 aliphatic heterocycles. The number of esters is 1. The van der Waals surface area contributed by atoms with Crippen molar-refractivity contribution in [2.24, 2.45) is 0 Å². The molecule has 0 aliphatic rings. The van der Waals surface area contributed by atoms with Crippen LogP contribution >= 0.6 is 0 Å². The van der Waals surface area contributed by atoms with Gasteiger partial charge in [0.15, 0.2) is 0 Å². The fourth-order valence-corrected chi connectivity index (χ4v) is 1.01. The second kappa shape index (κ2) is 3.89. The van der Waals surface area contributed by atoms with Crippen LogP contribution < -0.4 is 5.56 Å². The van der Waals surface area contributed by atoms with Gasteiger partial charge in [0.25, 0.3) is 5.56 Å². The Morgan fingerprint density at radius 1 is 1.62 bits per heavy atom. The molecule has 0 saturated heterocycles. The molecule has 1 heterocycles. The van der Waals surface area contributed by atoms with Crippen LogP contribution in [0.15, 0.2) is 17.1 Å². The first kappa shape index (κ1) is 9.51. The molecule has 0 unspecified atom stereocenters. The summed E-state index contributed by atoms with van der Waals surface area (Å²) in [6, 6.07) is 1.68. The predicted octanol–water partition coefficient (Wildman–Crippen LogP) is 0.399. The summed E-state index contributed by atoms with van der Waals surface area (Å²) in [5, 5.41) is 0. The van der Waals surface area contributed by atoms with E-state index in [4.69, 9.17) is 0 Å². The van der Waals surface area contributed by atoms with E-state index in [1.807, 2.05) is 6.92 Å². The number of hydrogen-bond acceptors (Lipinski definition) is 3. The lowest BCUT2D eigenvalue weighted by molar-refractivity contribution is -0.139. The molecule has 0 bridgehead atoms. The van der Waals surface area contributed by atoms with E-state index in [1.54, 1.807) is 12.3 Å². The third-order valence-electron chi connectivity index (χ3n) is 1.69. The number of aromatic nitrogens is 1. The molecule has 0 fully saturated rings. The molecule has 0 amide bonds. The Bertz CT molecular complexity index is 367. The highest BCUT2D eigenvalue weighted by Gasteiger charge is 2.06. The fraction of sp³-hybridized carbons (Fsp3) is 0.333. The smallest absolute Gasteiger partial charge is 0.310 e. The molecule has 1 rings (SSSR count). The molecular weight excluding hydrogens is 170 g/mol. The average Bonchev–Trinajstić information content (AvgIpc) is 2.11. The summed E-state index contributed by atoms with van der Waals surface area (Å²) < 4.78 is 4.46. The second-order valence-electron chi connectivity index (χ2n) is 2.78. The van der Waals surface area contributed by atoms with E-state index < -0.39 is 5.97 Å². The summed E-state index contributed by atoms with van der Waals surface area (Å²) >= 11 is 0. The SMILES string of the molecule is COC(=O)Cc1cc(C)c[nH]c1=O. The van der Waals surface area contributed by atoms with E-state index in [0.29, 0.717) is 5.56 Å². The highest BCUT2D eigenvalue weighted by Crippen LogP contribution is 1.97. The van der Waals surface area contributed by atoms with Crippen LogP contribution in [0.3, 0.4) is 0 Å². The van der Waals surface area contributed by atoms with E-state index >= 15 is 0 Å². The Labute approximate surface area is 75.5 Å². The molecule has 1 aromatic heterocycles. The van der Waals surface area contributed by atoms with Crippen LogP contribution in [0.2, 0.25) is 0 Å². The van der Waals surface area contributed by atoms with E-state index in [0.717, 1.165) is 5.56 Å². The van der Waals surface area contributed by atoms with Crippen molar-refractivity contribution in [1.82, 2.24) is 4.98 Å². The Hall–Kier alpha value is -1.58. The summed E-state index contributed by atoms with van der Waals surface area (Å²) in [6.45, 7) is 1.84. The van der Waals surface area contributed by atoms with Gasteiger partial charge >= 0.3 is 5.97 Å². The molecule has 0 saturated carbocycles. The number of H-pyrrole nitrogens is 1. The second-order valence-corrected chi connectivity index (χ2v) is 2.78. The predicted molar refractivity (Wildman–Crippen MR) is 47.5 cm³/mol. The lowest BCUT2D eigenvalue weighted by Crippen LogP contribution is -2.16. The first-order valence-electron chi connectivity index (χ1n) is 3.88. The summed E-state index contributed by atoms with van der Waals surface area (Å²) in [5.41, 5.74) is 1.11. The highest BCUT2D eigenvalue weighted by atomic mass is 16.5. The zero-order valence-corrected chi connectivity index (χ0v) is 7.59. The standard InChI is InChI=1S/C9H11NO3/c1-6-3-7(4-8(11)13-2)9(12)10-5-6/h3,5H,4H2,1-2H3,(H,10,12). The van der Waals surface area contributed by atoms with Gasteiger partial charge in [-0.2, -0.15) is 0 Å². The number of aromatic amines is 1. The van der Waals surface area contributed by atoms with Crippen molar-refractivity contribution >= 4 is 5.97 Å². The van der Waals surface area contributed by atoms with Crippen molar-refractivity contribution in [3.63, 3.8) is 0 Å². The first-order valence-corrected chi connectivity index (χ1v) is 3.88. The van der Waals surface area contributed by atoms with Gasteiger partial charge in [0.05, 0.1) is 13.5 Å². The number of ether oxygens (including phenoxy) is 1. The molecule has 0 aliphatic carbocycles. The summed E-state index contributed by atoms with van der Waals surface area (Å²) in [7, 11) is 1.30. The maximum Gasteiger partial charge on any atom is 0.310 e. The van der Waals surface area contributed by atoms with Gasteiger partial charge < -0.3 is 9.72 Å². The van der Waals surface area contributed by atoms with Gasteiger partial charge in [0.2, 0.25) is 0 Å². The molecule has 0 spiro atoms. The molecule has 1 aromatic rings. The Morgan fingerprint density at radius 2 is 2.31 bits per heavy atom. The molecular formula is C9H11NO3. The van der Waals surface area contributed by atoms with Gasteiger partial charge in [0.1, 0.15) is 0 Å². The quantitative estimate of drug-likeness (QED) is 0.672. The van der Waals surface area contributed by atoms with Crippen LogP contribution in [-0.2, 0) is 16.0 Å². The van der Waals surface area contributed by atoms with Gasteiger partial charge in [-0.15, -0.1) is 0 Å². The van der Waals surface area contributed by atoms with Crippen molar-refractivity contribution in [3.8, 4) is 0 Å². The van der Waals surface area contributed by atoms with Crippen molar-refractivity contribution < 1.29 is 9.53 Å². The number of aryl methyl sites for hydroxylation is 1. The number of nitrogens with one attached hydrogen (secondary N) is 1. The number of carbonyl (C=O) groups is 1. The van der Waals surface area contributed by atoms with E-state index in [-0.39, 0.29) is 12.0 Å². The fourth-order valence-electron chi connectivity index (χ4n) is 1.01. The molecule has 1 N–H and O–H groups in total. The van der Waals surface area contributed by atoms with Gasteiger partial charge in [-0.25, -0.2) is 0 Å². The maximum atomic E-state index is 11.2. The molecule has 0 aromatic carbocycles. The van der Waals surface area contributed by atoms with Crippen LogP contribution in [0.5, 0.6) is 0 Å². The molecule has 0 radical (unpaired) electrons. The van der Waals surface area contributed by atoms with Crippen molar-refractivity contribution in [3.05, 3.63) is 33.7 Å². The zero-order chi connectivity index (χ0) is 9.84. The molecule has 13 heavy (non-hydrogen) atoms. The van der Waals surface area contributed by atoms with Gasteiger partial charge in [-0.05, 0) is 18.6 Å². The Kier molecular flexibility index (Phi) is 2.84. The number of carbonyl (C=O) groups excluding carboxylic acids is 1. The van der Waals surface area contributed by atoms with Crippen molar-refractivity contribution in [1.29, 1.82) is 0 Å². The highest BCUT2D eigenvalue weighted by molar-refractivity contribution is 5.72. The van der Waals surface area contributed by atoms with E-state index in [1.165, 1.54) is 7.11 Å². The van der Waals surface area contributed by atoms with Gasteiger partial charge in [0, 0.05) is 11.8 Å². The van der Waals surface area contributed by atoms with Crippen molar-refractivity contribution in [2.75, 3.05) is 7.11 Å². The maximum absolute atomic E-state index is 11.2. The number of pyridine rings is 1. The van der Waals surface area contributed by atoms with Crippen LogP contribution in [0.4, 0.5) is 0 Å². The van der Waals surface area contributed by atoms with Gasteiger partial charge in [-0.3, -0.25) is 9.59 Å². The summed E-state index contributed by atoms with van der Waals surface area (Å²) in [6.07, 6.45) is 1.62. The van der Waals surface area contributed by atoms with Crippen LogP contribution in [0.1, 0.15) is 11.1 Å². The van der Waals surface area contributed by atoms with Crippen LogP contribution in [-0.4, -0.2) is 18.1 Å². The zero-order valence-electron chi connectivity index (χ0n) is 7.59. The minimum atomic E-state index is -0.406. The lowest BCUT2D eigenvalue weighted by Gasteiger charge is -1.99. The topological polar surface area (TPSA) is 59.2 Å². The summed E-state index contributed by atoms with van der Waals surface area (Å²) in [4.78, 5) is 24.6. The van der Waals surface area contributed by atoms with Crippen LogP contribution in [0, 0.1) is 6.92 Å². The largest absolute Gasteiger partial charge is 0.469 e. The summed E-state index contributed by atoms with van der Waals surface area (Å²) in [5.74, 6) is -0.406.